The van der Waals surface area contributed by atoms with Gasteiger partial charge >= 0.3 is 0 Å². The van der Waals surface area contributed by atoms with Crippen LogP contribution >= 0.6 is 0 Å². The van der Waals surface area contributed by atoms with Crippen LogP contribution in [0.4, 0.5) is 4.39 Å². The minimum absolute atomic E-state index is 0.218. The SMILES string of the molecule is CCCCc1nc(O)c(S(=O)(=O)c2ccc(-c3cc(F)ncc3C)cc2)c(=O)n1C(CC)c1cccc(C#N)c1. The fourth-order valence-corrected chi connectivity index (χ4v) is 6.08. The molecule has 0 bridgehead atoms. The minimum Gasteiger partial charge on any atom is -0.492 e. The minimum atomic E-state index is -4.50. The van der Waals surface area contributed by atoms with Crippen LogP contribution in [0.2, 0.25) is 0 Å². The van der Waals surface area contributed by atoms with Crippen molar-refractivity contribution in [3.8, 4) is 23.1 Å². The van der Waals surface area contributed by atoms with E-state index in [0.29, 0.717) is 47.1 Å². The van der Waals surface area contributed by atoms with Gasteiger partial charge in [0.05, 0.1) is 22.6 Å². The Balaban J connectivity index is 1.88. The first-order chi connectivity index (χ1) is 19.1. The molecule has 4 rings (SSSR count). The number of aromatic hydroxyl groups is 1. The summed E-state index contributed by atoms with van der Waals surface area (Å²) in [6.45, 7) is 5.58. The summed E-state index contributed by atoms with van der Waals surface area (Å²) in [4.78, 5) is 20.8. The van der Waals surface area contributed by atoms with Gasteiger partial charge in [-0.2, -0.15) is 14.6 Å². The van der Waals surface area contributed by atoms with Crippen molar-refractivity contribution in [2.24, 2.45) is 0 Å². The molecule has 206 valence electrons. The summed E-state index contributed by atoms with van der Waals surface area (Å²) in [5.41, 5.74) is 1.99. The van der Waals surface area contributed by atoms with Crippen LogP contribution in [0.3, 0.4) is 0 Å². The first-order valence-corrected chi connectivity index (χ1v) is 14.4. The van der Waals surface area contributed by atoms with Crippen molar-refractivity contribution >= 4 is 9.84 Å². The zero-order valence-electron chi connectivity index (χ0n) is 22.4. The van der Waals surface area contributed by atoms with Crippen LogP contribution < -0.4 is 5.56 Å². The second kappa shape index (κ2) is 11.8. The van der Waals surface area contributed by atoms with Crippen LogP contribution in [-0.2, 0) is 16.3 Å². The average Bonchev–Trinajstić information content (AvgIpc) is 2.94. The number of rotatable bonds is 9. The number of hydrogen-bond acceptors (Lipinski definition) is 7. The van der Waals surface area contributed by atoms with E-state index >= 15 is 0 Å². The molecule has 0 spiro atoms. The van der Waals surface area contributed by atoms with Gasteiger partial charge in [0.2, 0.25) is 21.7 Å². The van der Waals surface area contributed by atoms with Crippen LogP contribution in [-0.4, -0.2) is 28.1 Å². The van der Waals surface area contributed by atoms with Crippen molar-refractivity contribution in [3.63, 3.8) is 0 Å². The molecule has 0 saturated carbocycles. The zero-order valence-corrected chi connectivity index (χ0v) is 23.2. The van der Waals surface area contributed by atoms with Gasteiger partial charge < -0.3 is 5.11 Å². The molecule has 0 amide bonds. The molecule has 8 nitrogen and oxygen atoms in total. The quantitative estimate of drug-likeness (QED) is 0.268. The Labute approximate surface area is 232 Å². The molecular weight excluding hydrogens is 531 g/mol. The molecule has 0 radical (unpaired) electrons. The summed E-state index contributed by atoms with van der Waals surface area (Å²) in [5, 5.41) is 20.2. The molecule has 2 heterocycles. The van der Waals surface area contributed by atoms with Gasteiger partial charge in [-0.1, -0.05) is 44.5 Å². The number of nitrogens with zero attached hydrogens (tertiary/aromatic N) is 4. The van der Waals surface area contributed by atoms with Gasteiger partial charge in [-0.05, 0) is 66.3 Å². The number of nitriles is 1. The van der Waals surface area contributed by atoms with Crippen LogP contribution in [0.15, 0.2) is 75.4 Å². The fourth-order valence-electron chi connectivity index (χ4n) is 4.74. The number of unbranched alkanes of at least 4 members (excludes halogenated alkanes) is 1. The molecule has 40 heavy (non-hydrogen) atoms. The highest BCUT2D eigenvalue weighted by molar-refractivity contribution is 7.91. The number of aromatic nitrogens is 3. The first-order valence-electron chi connectivity index (χ1n) is 12.9. The lowest BCUT2D eigenvalue weighted by molar-refractivity contribution is 0.406. The highest BCUT2D eigenvalue weighted by atomic mass is 32.2. The van der Waals surface area contributed by atoms with Crippen molar-refractivity contribution in [1.29, 1.82) is 5.26 Å². The van der Waals surface area contributed by atoms with Crippen LogP contribution in [0, 0.1) is 24.2 Å². The van der Waals surface area contributed by atoms with E-state index in [9.17, 15) is 28.0 Å². The van der Waals surface area contributed by atoms with E-state index in [-0.39, 0.29) is 10.7 Å². The molecule has 0 aliphatic rings. The molecular formula is C30H29FN4O4S. The second-order valence-electron chi connectivity index (χ2n) is 9.47. The number of benzene rings is 2. The number of hydrogen-bond donors (Lipinski definition) is 1. The predicted molar refractivity (Wildman–Crippen MR) is 148 cm³/mol. The van der Waals surface area contributed by atoms with E-state index in [2.05, 4.69) is 16.0 Å². The van der Waals surface area contributed by atoms with E-state index in [0.717, 1.165) is 6.42 Å². The van der Waals surface area contributed by atoms with Crippen LogP contribution in [0.25, 0.3) is 11.1 Å². The summed E-state index contributed by atoms with van der Waals surface area (Å²) in [7, 11) is -4.50. The maximum Gasteiger partial charge on any atom is 0.277 e. The zero-order chi connectivity index (χ0) is 29.0. The lowest BCUT2D eigenvalue weighted by Crippen LogP contribution is -2.33. The third kappa shape index (κ3) is 5.51. The van der Waals surface area contributed by atoms with Crippen molar-refractivity contribution in [2.45, 2.75) is 62.3 Å². The Morgan fingerprint density at radius 3 is 2.50 bits per heavy atom. The summed E-state index contributed by atoms with van der Waals surface area (Å²) >= 11 is 0. The average molecular weight is 561 g/mol. The van der Waals surface area contributed by atoms with Crippen molar-refractivity contribution in [1.82, 2.24) is 14.5 Å². The van der Waals surface area contributed by atoms with Crippen LogP contribution in [0.5, 0.6) is 5.88 Å². The van der Waals surface area contributed by atoms with Gasteiger partial charge in [0.1, 0.15) is 5.82 Å². The molecule has 2 aromatic heterocycles. The molecule has 0 saturated heterocycles. The molecule has 0 fully saturated rings. The Kier molecular flexibility index (Phi) is 8.45. The summed E-state index contributed by atoms with van der Waals surface area (Å²) in [5.74, 6) is -1.25. The topological polar surface area (TPSA) is 126 Å². The standard InChI is InChI=1S/C30H29FN4O4S/c1-4-6-10-27-34-29(36)28(30(37)35(27)25(5-2)22-9-7-8-20(15-22)17-32)40(38,39)23-13-11-21(12-14-23)24-16-26(31)33-18-19(24)3/h7-9,11-16,18,25,36H,4-6,10H2,1-3H3. The predicted octanol–water partition coefficient (Wildman–Crippen LogP) is 5.50. The Hall–Kier alpha value is -4.36. The van der Waals surface area contributed by atoms with E-state index in [1.54, 1.807) is 31.2 Å². The van der Waals surface area contributed by atoms with E-state index in [1.807, 2.05) is 13.8 Å². The van der Waals surface area contributed by atoms with Crippen molar-refractivity contribution in [3.05, 3.63) is 99.6 Å². The molecule has 1 atom stereocenters. The van der Waals surface area contributed by atoms with Crippen molar-refractivity contribution in [2.75, 3.05) is 0 Å². The fraction of sp³-hybridized carbons (Fsp3) is 0.267. The third-order valence-electron chi connectivity index (χ3n) is 6.80. The van der Waals surface area contributed by atoms with Gasteiger partial charge in [-0.15, -0.1) is 0 Å². The maximum atomic E-state index is 14.0. The largest absolute Gasteiger partial charge is 0.492 e. The Morgan fingerprint density at radius 2 is 1.85 bits per heavy atom. The van der Waals surface area contributed by atoms with E-state index in [4.69, 9.17) is 0 Å². The summed E-state index contributed by atoms with van der Waals surface area (Å²) in [6.07, 6.45) is 3.62. The van der Waals surface area contributed by atoms with Gasteiger partial charge in [0, 0.05) is 18.7 Å². The van der Waals surface area contributed by atoms with Crippen LogP contribution in [0.1, 0.15) is 61.7 Å². The van der Waals surface area contributed by atoms with Gasteiger partial charge in [-0.3, -0.25) is 9.36 Å². The summed E-state index contributed by atoms with van der Waals surface area (Å²) < 4.78 is 42.5. The second-order valence-corrected chi connectivity index (χ2v) is 11.4. The van der Waals surface area contributed by atoms with E-state index in [1.165, 1.54) is 41.1 Å². The molecule has 0 aliphatic carbocycles. The maximum absolute atomic E-state index is 14.0. The Bertz CT molecular complexity index is 1760. The van der Waals surface area contributed by atoms with Gasteiger partial charge in [-0.25, -0.2) is 13.4 Å². The number of sulfone groups is 1. The lowest BCUT2D eigenvalue weighted by Gasteiger charge is -2.23. The lowest BCUT2D eigenvalue weighted by atomic mass is 10.0. The van der Waals surface area contributed by atoms with Gasteiger partial charge in [0.15, 0.2) is 4.90 Å². The highest BCUT2D eigenvalue weighted by Crippen LogP contribution is 2.31. The smallest absolute Gasteiger partial charge is 0.277 e. The molecule has 10 heteroatoms. The molecule has 1 N–H and O–H groups in total. The third-order valence-corrected chi connectivity index (χ3v) is 8.58. The molecule has 0 aliphatic heterocycles. The van der Waals surface area contributed by atoms with Crippen molar-refractivity contribution < 1.29 is 17.9 Å². The monoisotopic (exact) mass is 560 g/mol. The van der Waals surface area contributed by atoms with E-state index < -0.39 is 38.2 Å². The first kappa shape index (κ1) is 28.6. The molecule has 4 aromatic rings. The normalized spacial score (nSPS) is 12.2. The number of pyridine rings is 1. The number of halogens is 1. The summed E-state index contributed by atoms with van der Waals surface area (Å²) in [6, 6.07) is 15.2. The molecule has 2 aromatic carbocycles. The molecule has 1 unspecified atom stereocenters. The number of aryl methyl sites for hydroxylation is 2. The highest BCUT2D eigenvalue weighted by Gasteiger charge is 2.31. The van der Waals surface area contributed by atoms with Gasteiger partial charge in [0.25, 0.3) is 5.56 Å². The Morgan fingerprint density at radius 1 is 1.12 bits per heavy atom.